The monoisotopic (exact) mass is 483 g/mol. The highest BCUT2D eigenvalue weighted by Crippen LogP contribution is 2.25. The Morgan fingerprint density at radius 1 is 1.13 bits per heavy atom. The summed E-state index contributed by atoms with van der Waals surface area (Å²) in [6.07, 6.45) is 1.73. The van der Waals surface area contributed by atoms with Gasteiger partial charge in [-0.15, -0.1) is 0 Å². The van der Waals surface area contributed by atoms with Crippen LogP contribution in [0.25, 0.3) is 0 Å². The molecule has 0 radical (unpaired) electrons. The minimum Gasteiger partial charge on any atom is -0.355 e. The molecule has 31 heavy (non-hydrogen) atoms. The maximum atomic E-state index is 12.6. The molecule has 0 aliphatic carbocycles. The number of sulfonamides is 1. The van der Waals surface area contributed by atoms with Gasteiger partial charge < -0.3 is 5.32 Å². The second kappa shape index (κ2) is 10.8. The van der Waals surface area contributed by atoms with Crippen LogP contribution in [-0.4, -0.2) is 45.4 Å². The number of carbonyl (C=O) groups excluding carboxylic acids is 1. The Morgan fingerprint density at radius 2 is 1.87 bits per heavy atom. The number of aryl methyl sites for hydroxylation is 1. The lowest BCUT2D eigenvalue weighted by Crippen LogP contribution is -2.44. The second-order valence-corrected chi connectivity index (χ2v) is 10.4. The molecule has 0 spiro atoms. The normalized spacial score (nSPS) is 17.5. The van der Waals surface area contributed by atoms with E-state index in [4.69, 9.17) is 23.2 Å². The molecule has 1 heterocycles. The fourth-order valence-corrected chi connectivity index (χ4v) is 5.12. The molecule has 6 nitrogen and oxygen atoms in total. The summed E-state index contributed by atoms with van der Waals surface area (Å²) in [4.78, 5) is 15.0. The summed E-state index contributed by atoms with van der Waals surface area (Å²) in [5, 5.41) is 4.08. The van der Waals surface area contributed by atoms with Crippen molar-refractivity contribution in [2.45, 2.75) is 31.2 Å². The molecule has 0 saturated carbocycles. The highest BCUT2D eigenvalue weighted by Gasteiger charge is 2.26. The molecule has 0 aromatic heterocycles. The SMILES string of the molecule is Cc1ccc(S(=O)(=O)NCCNC(=O)[C@H]2CCCN(Cc3ccc(Cl)cc3Cl)C2)cc1. The summed E-state index contributed by atoms with van der Waals surface area (Å²) in [5.41, 5.74) is 1.98. The van der Waals surface area contributed by atoms with Crippen LogP contribution < -0.4 is 10.0 Å². The summed E-state index contributed by atoms with van der Waals surface area (Å²) >= 11 is 12.2. The van der Waals surface area contributed by atoms with Crippen LogP contribution in [0.4, 0.5) is 0 Å². The first-order valence-corrected chi connectivity index (χ1v) is 12.5. The Hall–Kier alpha value is -1.64. The highest BCUT2D eigenvalue weighted by atomic mass is 35.5. The predicted molar refractivity (Wildman–Crippen MR) is 124 cm³/mol. The average Bonchev–Trinajstić information content (AvgIpc) is 2.74. The number of benzene rings is 2. The summed E-state index contributed by atoms with van der Waals surface area (Å²) in [7, 11) is -3.58. The Bertz CT molecular complexity index is 1010. The molecular weight excluding hydrogens is 457 g/mol. The number of hydrogen-bond acceptors (Lipinski definition) is 4. The van der Waals surface area contributed by atoms with Gasteiger partial charge in [0, 0.05) is 36.2 Å². The molecular formula is C22H27Cl2N3O3S. The van der Waals surface area contributed by atoms with E-state index in [-0.39, 0.29) is 29.8 Å². The van der Waals surface area contributed by atoms with Crippen LogP contribution in [0, 0.1) is 12.8 Å². The zero-order chi connectivity index (χ0) is 22.4. The zero-order valence-electron chi connectivity index (χ0n) is 17.4. The van der Waals surface area contributed by atoms with Crippen LogP contribution in [0.5, 0.6) is 0 Å². The minimum atomic E-state index is -3.58. The van der Waals surface area contributed by atoms with Crippen molar-refractivity contribution < 1.29 is 13.2 Å². The van der Waals surface area contributed by atoms with Gasteiger partial charge in [0.1, 0.15) is 0 Å². The Labute approximate surface area is 194 Å². The van der Waals surface area contributed by atoms with Crippen molar-refractivity contribution in [3.05, 3.63) is 63.6 Å². The third kappa shape index (κ3) is 6.92. The molecule has 2 N–H and O–H groups in total. The Balaban J connectivity index is 1.45. The van der Waals surface area contributed by atoms with Gasteiger partial charge in [-0.3, -0.25) is 9.69 Å². The van der Waals surface area contributed by atoms with E-state index in [1.165, 1.54) is 0 Å². The van der Waals surface area contributed by atoms with E-state index in [1.807, 2.05) is 19.1 Å². The first kappa shape index (κ1) is 24.0. The zero-order valence-corrected chi connectivity index (χ0v) is 19.7. The van der Waals surface area contributed by atoms with Crippen molar-refractivity contribution in [3.63, 3.8) is 0 Å². The molecule has 1 amide bonds. The molecule has 168 valence electrons. The maximum Gasteiger partial charge on any atom is 0.240 e. The molecule has 2 aromatic rings. The lowest BCUT2D eigenvalue weighted by Gasteiger charge is -2.32. The van der Waals surface area contributed by atoms with Gasteiger partial charge in [0.2, 0.25) is 15.9 Å². The first-order chi connectivity index (χ1) is 14.7. The standard InChI is InChI=1S/C22H27Cl2N3O3S/c1-16-4-8-20(9-5-16)31(29,30)26-11-10-25-22(28)18-3-2-12-27(15-18)14-17-6-7-19(23)13-21(17)24/h4-9,13,18,26H,2-3,10-12,14-15H2,1H3,(H,25,28)/t18-/m0/s1. The number of rotatable bonds is 8. The quantitative estimate of drug-likeness (QED) is 0.562. The van der Waals surface area contributed by atoms with Crippen LogP contribution in [-0.2, 0) is 21.4 Å². The number of piperidine rings is 1. The highest BCUT2D eigenvalue weighted by molar-refractivity contribution is 7.89. The molecule has 1 saturated heterocycles. The van der Waals surface area contributed by atoms with Gasteiger partial charge >= 0.3 is 0 Å². The van der Waals surface area contributed by atoms with Crippen LogP contribution in [0.1, 0.15) is 24.0 Å². The fraction of sp³-hybridized carbons (Fsp3) is 0.409. The van der Waals surface area contributed by atoms with Gasteiger partial charge in [0.15, 0.2) is 0 Å². The molecule has 3 rings (SSSR count). The lowest BCUT2D eigenvalue weighted by molar-refractivity contribution is -0.126. The van der Waals surface area contributed by atoms with Crippen molar-refractivity contribution in [1.29, 1.82) is 0 Å². The lowest BCUT2D eigenvalue weighted by atomic mass is 9.96. The summed E-state index contributed by atoms with van der Waals surface area (Å²) in [5.74, 6) is -0.185. The fourth-order valence-electron chi connectivity index (χ4n) is 3.62. The van der Waals surface area contributed by atoms with E-state index >= 15 is 0 Å². The summed E-state index contributed by atoms with van der Waals surface area (Å²) in [6.45, 7) is 4.48. The van der Waals surface area contributed by atoms with Crippen LogP contribution in [0.15, 0.2) is 47.4 Å². The Kier molecular flexibility index (Phi) is 8.36. The third-order valence-corrected chi connectivity index (χ3v) is 7.40. The number of halogens is 2. The molecule has 1 aliphatic rings. The van der Waals surface area contributed by atoms with E-state index < -0.39 is 10.0 Å². The first-order valence-electron chi connectivity index (χ1n) is 10.2. The van der Waals surface area contributed by atoms with Crippen LogP contribution >= 0.6 is 23.2 Å². The van der Waals surface area contributed by atoms with Gasteiger partial charge in [-0.2, -0.15) is 0 Å². The van der Waals surface area contributed by atoms with Gasteiger partial charge in [-0.25, -0.2) is 13.1 Å². The number of nitrogens with zero attached hydrogens (tertiary/aromatic N) is 1. The van der Waals surface area contributed by atoms with Gasteiger partial charge in [-0.1, -0.05) is 47.0 Å². The van der Waals surface area contributed by atoms with Crippen molar-refractivity contribution >= 4 is 39.1 Å². The van der Waals surface area contributed by atoms with E-state index in [0.717, 1.165) is 30.5 Å². The number of carbonyl (C=O) groups is 1. The van der Waals surface area contributed by atoms with Gasteiger partial charge in [-0.05, 0) is 56.1 Å². The minimum absolute atomic E-state index is 0.0542. The van der Waals surface area contributed by atoms with Gasteiger partial charge in [0.05, 0.1) is 10.8 Å². The number of amides is 1. The predicted octanol–water partition coefficient (Wildman–Crippen LogP) is 3.61. The van der Waals surface area contributed by atoms with Crippen molar-refractivity contribution in [1.82, 2.24) is 14.9 Å². The van der Waals surface area contributed by atoms with Gasteiger partial charge in [0.25, 0.3) is 0 Å². The topological polar surface area (TPSA) is 78.5 Å². The largest absolute Gasteiger partial charge is 0.355 e. The summed E-state index contributed by atoms with van der Waals surface area (Å²) < 4.78 is 27.1. The average molecular weight is 484 g/mol. The van der Waals surface area contributed by atoms with E-state index in [0.29, 0.717) is 23.1 Å². The molecule has 1 fully saturated rings. The van der Waals surface area contributed by atoms with E-state index in [1.54, 1.807) is 30.3 Å². The van der Waals surface area contributed by atoms with E-state index in [9.17, 15) is 13.2 Å². The molecule has 0 unspecified atom stereocenters. The number of hydrogen-bond donors (Lipinski definition) is 2. The molecule has 1 atom stereocenters. The smallest absolute Gasteiger partial charge is 0.240 e. The molecule has 2 aromatic carbocycles. The Morgan fingerprint density at radius 3 is 2.58 bits per heavy atom. The van der Waals surface area contributed by atoms with E-state index in [2.05, 4.69) is 14.9 Å². The number of nitrogens with one attached hydrogen (secondary N) is 2. The second-order valence-electron chi connectivity index (χ2n) is 7.81. The van der Waals surface area contributed by atoms with Crippen molar-refractivity contribution in [3.8, 4) is 0 Å². The van der Waals surface area contributed by atoms with Crippen molar-refractivity contribution in [2.24, 2.45) is 5.92 Å². The third-order valence-electron chi connectivity index (χ3n) is 5.33. The molecule has 1 aliphatic heterocycles. The maximum absolute atomic E-state index is 12.6. The van der Waals surface area contributed by atoms with Crippen LogP contribution in [0.2, 0.25) is 10.0 Å². The molecule has 0 bridgehead atoms. The number of likely N-dealkylation sites (tertiary alicyclic amines) is 1. The van der Waals surface area contributed by atoms with Crippen LogP contribution in [0.3, 0.4) is 0 Å². The van der Waals surface area contributed by atoms with Crippen molar-refractivity contribution in [2.75, 3.05) is 26.2 Å². The summed E-state index contributed by atoms with van der Waals surface area (Å²) in [6, 6.07) is 12.1. The molecule has 9 heteroatoms.